The van der Waals surface area contributed by atoms with Gasteiger partial charge in [-0.2, -0.15) is 0 Å². The van der Waals surface area contributed by atoms with Gasteiger partial charge in [0.15, 0.2) is 5.78 Å². The Labute approximate surface area is 127 Å². The average Bonchev–Trinajstić information content (AvgIpc) is 2.54. The standard InChI is InChI=1S/C18H26O3/c1-20-13-14-21-18-10-6-5-9-16(18)17(19)12-11-15-7-3-2-4-8-15/h5-6,9-10,15H,2-4,7-8,11-14H2,1H3. The van der Waals surface area contributed by atoms with E-state index in [0.717, 1.165) is 12.3 Å². The van der Waals surface area contributed by atoms with Gasteiger partial charge >= 0.3 is 0 Å². The van der Waals surface area contributed by atoms with E-state index in [1.165, 1.54) is 32.1 Å². The van der Waals surface area contributed by atoms with Gasteiger partial charge in [-0.05, 0) is 24.5 Å². The number of carbonyl (C=O) groups is 1. The summed E-state index contributed by atoms with van der Waals surface area (Å²) in [6.45, 7) is 1.01. The molecule has 0 aromatic heterocycles. The lowest BCUT2D eigenvalue weighted by Gasteiger charge is -2.21. The van der Waals surface area contributed by atoms with Crippen LogP contribution in [0.25, 0.3) is 0 Å². The lowest BCUT2D eigenvalue weighted by atomic mass is 9.85. The summed E-state index contributed by atoms with van der Waals surface area (Å²) in [6.07, 6.45) is 8.25. The van der Waals surface area contributed by atoms with Crippen molar-refractivity contribution in [3.8, 4) is 5.75 Å². The number of Topliss-reactive ketones (excluding diaryl/α,β-unsaturated/α-hetero) is 1. The number of benzene rings is 1. The highest BCUT2D eigenvalue weighted by Crippen LogP contribution is 2.28. The van der Waals surface area contributed by atoms with Gasteiger partial charge in [0.25, 0.3) is 0 Å². The molecule has 0 heterocycles. The van der Waals surface area contributed by atoms with Gasteiger partial charge in [0.2, 0.25) is 0 Å². The zero-order valence-corrected chi connectivity index (χ0v) is 13.0. The molecule has 1 aromatic rings. The van der Waals surface area contributed by atoms with Gasteiger partial charge in [0.05, 0.1) is 12.2 Å². The summed E-state index contributed by atoms with van der Waals surface area (Å²) >= 11 is 0. The van der Waals surface area contributed by atoms with E-state index in [9.17, 15) is 4.79 Å². The molecule has 0 unspecified atom stereocenters. The Morgan fingerprint density at radius 1 is 1.14 bits per heavy atom. The maximum atomic E-state index is 12.4. The van der Waals surface area contributed by atoms with E-state index < -0.39 is 0 Å². The third-order valence-corrected chi connectivity index (χ3v) is 4.24. The molecule has 0 N–H and O–H groups in total. The molecular formula is C18H26O3. The van der Waals surface area contributed by atoms with E-state index in [2.05, 4.69) is 0 Å². The minimum Gasteiger partial charge on any atom is -0.490 e. The molecule has 0 spiro atoms. The zero-order chi connectivity index (χ0) is 14.9. The van der Waals surface area contributed by atoms with Gasteiger partial charge in [-0.25, -0.2) is 0 Å². The van der Waals surface area contributed by atoms with E-state index >= 15 is 0 Å². The van der Waals surface area contributed by atoms with Crippen molar-refractivity contribution in [1.29, 1.82) is 0 Å². The molecule has 0 atom stereocenters. The fourth-order valence-corrected chi connectivity index (χ4v) is 3.00. The predicted molar refractivity (Wildman–Crippen MR) is 84.0 cm³/mol. The number of hydrogen-bond donors (Lipinski definition) is 0. The number of methoxy groups -OCH3 is 1. The Kier molecular flexibility index (Phi) is 6.74. The quantitative estimate of drug-likeness (QED) is 0.530. The molecule has 3 heteroatoms. The Morgan fingerprint density at radius 2 is 1.90 bits per heavy atom. The highest BCUT2D eigenvalue weighted by atomic mass is 16.5. The maximum absolute atomic E-state index is 12.4. The number of para-hydroxylation sites is 1. The summed E-state index contributed by atoms with van der Waals surface area (Å²) in [5.74, 6) is 1.63. The number of hydrogen-bond acceptors (Lipinski definition) is 3. The van der Waals surface area contributed by atoms with Gasteiger partial charge in [0.1, 0.15) is 12.4 Å². The lowest BCUT2D eigenvalue weighted by Crippen LogP contribution is -2.11. The topological polar surface area (TPSA) is 35.5 Å². The van der Waals surface area contributed by atoms with Crippen molar-refractivity contribution in [2.24, 2.45) is 5.92 Å². The first-order valence-corrected chi connectivity index (χ1v) is 8.05. The Morgan fingerprint density at radius 3 is 2.67 bits per heavy atom. The third kappa shape index (κ3) is 5.16. The fourth-order valence-electron chi connectivity index (χ4n) is 3.00. The van der Waals surface area contributed by atoms with Gasteiger partial charge in [-0.1, -0.05) is 44.2 Å². The van der Waals surface area contributed by atoms with Crippen LogP contribution in [0.4, 0.5) is 0 Å². The van der Waals surface area contributed by atoms with Gasteiger partial charge in [-0.3, -0.25) is 4.79 Å². The number of ketones is 1. The van der Waals surface area contributed by atoms with E-state index in [1.807, 2.05) is 24.3 Å². The summed E-state index contributed by atoms with van der Waals surface area (Å²) < 4.78 is 10.6. The second kappa shape index (κ2) is 8.83. The molecule has 21 heavy (non-hydrogen) atoms. The molecule has 1 fully saturated rings. The minimum absolute atomic E-state index is 0.202. The van der Waals surface area contributed by atoms with Crippen LogP contribution in [0.15, 0.2) is 24.3 Å². The van der Waals surface area contributed by atoms with Crippen LogP contribution in [0.2, 0.25) is 0 Å². The van der Waals surface area contributed by atoms with Crippen LogP contribution in [0.1, 0.15) is 55.3 Å². The van der Waals surface area contributed by atoms with E-state index in [-0.39, 0.29) is 5.78 Å². The third-order valence-electron chi connectivity index (χ3n) is 4.24. The normalized spacial score (nSPS) is 15.9. The van der Waals surface area contributed by atoms with Crippen molar-refractivity contribution in [2.45, 2.75) is 44.9 Å². The summed E-state index contributed by atoms with van der Waals surface area (Å²) in [4.78, 5) is 12.4. The van der Waals surface area contributed by atoms with Crippen LogP contribution in [-0.4, -0.2) is 26.1 Å². The molecule has 1 saturated carbocycles. The van der Waals surface area contributed by atoms with Crippen molar-refractivity contribution in [1.82, 2.24) is 0 Å². The average molecular weight is 290 g/mol. The smallest absolute Gasteiger partial charge is 0.166 e. The summed E-state index contributed by atoms with van der Waals surface area (Å²) in [5.41, 5.74) is 0.712. The highest BCUT2D eigenvalue weighted by Gasteiger charge is 2.17. The van der Waals surface area contributed by atoms with Crippen molar-refractivity contribution >= 4 is 5.78 Å². The lowest BCUT2D eigenvalue weighted by molar-refractivity contribution is 0.0962. The Bertz CT molecular complexity index is 436. The zero-order valence-electron chi connectivity index (χ0n) is 13.0. The van der Waals surface area contributed by atoms with Crippen LogP contribution in [0.5, 0.6) is 5.75 Å². The van der Waals surface area contributed by atoms with Crippen molar-refractivity contribution < 1.29 is 14.3 Å². The molecular weight excluding hydrogens is 264 g/mol. The largest absolute Gasteiger partial charge is 0.490 e. The molecule has 1 aliphatic carbocycles. The van der Waals surface area contributed by atoms with Crippen LogP contribution in [0.3, 0.4) is 0 Å². The van der Waals surface area contributed by atoms with Crippen LogP contribution in [-0.2, 0) is 4.74 Å². The number of carbonyl (C=O) groups excluding carboxylic acids is 1. The van der Waals surface area contributed by atoms with Crippen LogP contribution >= 0.6 is 0 Å². The van der Waals surface area contributed by atoms with Gasteiger partial charge in [-0.15, -0.1) is 0 Å². The Hall–Kier alpha value is -1.35. The molecule has 0 aliphatic heterocycles. The van der Waals surface area contributed by atoms with Gasteiger partial charge in [0, 0.05) is 13.5 Å². The van der Waals surface area contributed by atoms with Crippen molar-refractivity contribution in [3.63, 3.8) is 0 Å². The second-order valence-electron chi connectivity index (χ2n) is 5.80. The second-order valence-corrected chi connectivity index (χ2v) is 5.80. The van der Waals surface area contributed by atoms with Crippen molar-refractivity contribution in [3.05, 3.63) is 29.8 Å². The molecule has 0 bridgehead atoms. The molecule has 3 nitrogen and oxygen atoms in total. The number of rotatable bonds is 8. The first-order chi connectivity index (χ1) is 10.3. The fraction of sp³-hybridized carbons (Fsp3) is 0.611. The maximum Gasteiger partial charge on any atom is 0.166 e. The van der Waals surface area contributed by atoms with E-state index in [1.54, 1.807) is 7.11 Å². The Balaban J connectivity index is 1.88. The van der Waals surface area contributed by atoms with E-state index in [0.29, 0.717) is 30.9 Å². The molecule has 116 valence electrons. The predicted octanol–water partition coefficient (Wildman–Crippen LogP) is 4.26. The SMILES string of the molecule is COCCOc1ccccc1C(=O)CCC1CCCCC1. The minimum atomic E-state index is 0.202. The summed E-state index contributed by atoms with van der Waals surface area (Å²) in [6, 6.07) is 7.53. The molecule has 1 aliphatic rings. The van der Waals surface area contributed by atoms with Gasteiger partial charge < -0.3 is 9.47 Å². The molecule has 0 radical (unpaired) electrons. The van der Waals surface area contributed by atoms with Crippen molar-refractivity contribution in [2.75, 3.05) is 20.3 Å². The molecule has 0 saturated heterocycles. The van der Waals surface area contributed by atoms with Crippen LogP contribution in [0, 0.1) is 5.92 Å². The monoisotopic (exact) mass is 290 g/mol. The first-order valence-electron chi connectivity index (χ1n) is 8.05. The van der Waals surface area contributed by atoms with E-state index in [4.69, 9.17) is 9.47 Å². The van der Waals surface area contributed by atoms with Crippen LogP contribution < -0.4 is 4.74 Å². The molecule has 1 aromatic carbocycles. The number of ether oxygens (including phenoxy) is 2. The summed E-state index contributed by atoms with van der Waals surface area (Å²) in [7, 11) is 1.64. The molecule has 2 rings (SSSR count). The molecule has 0 amide bonds. The highest BCUT2D eigenvalue weighted by molar-refractivity contribution is 5.98. The summed E-state index contributed by atoms with van der Waals surface area (Å²) in [5, 5.41) is 0. The first kappa shape index (κ1) is 16.0.